The Morgan fingerprint density at radius 1 is 1.09 bits per heavy atom. The average molecular weight is 444 g/mol. The highest BCUT2D eigenvalue weighted by molar-refractivity contribution is 6.04. The van der Waals surface area contributed by atoms with E-state index < -0.39 is 0 Å². The lowest BCUT2D eigenvalue weighted by molar-refractivity contribution is 0.102. The number of methoxy groups -OCH3 is 1. The topological polar surface area (TPSA) is 107 Å². The molecule has 0 saturated carbocycles. The van der Waals surface area contributed by atoms with Crippen LogP contribution in [0.5, 0.6) is 5.75 Å². The molecule has 0 aliphatic rings. The maximum absolute atomic E-state index is 13.0. The zero-order valence-corrected chi connectivity index (χ0v) is 18.9. The molecular weight excluding hydrogens is 418 g/mol. The number of ether oxygens (including phenoxy) is 1. The quantitative estimate of drug-likeness (QED) is 0.444. The predicted molar refractivity (Wildman–Crippen MR) is 127 cm³/mol. The second-order valence-electron chi connectivity index (χ2n) is 7.77. The molecule has 2 N–H and O–H groups in total. The van der Waals surface area contributed by atoms with E-state index in [0.29, 0.717) is 28.5 Å². The van der Waals surface area contributed by atoms with Crippen molar-refractivity contribution in [1.82, 2.24) is 24.7 Å². The van der Waals surface area contributed by atoms with Gasteiger partial charge in [0.25, 0.3) is 5.91 Å². The Labute approximate surface area is 191 Å². The van der Waals surface area contributed by atoms with Crippen molar-refractivity contribution in [3.8, 4) is 28.4 Å². The summed E-state index contributed by atoms with van der Waals surface area (Å²) in [6, 6.07) is 11.2. The van der Waals surface area contributed by atoms with E-state index in [-0.39, 0.29) is 17.6 Å². The fourth-order valence-corrected chi connectivity index (χ4v) is 3.31. The van der Waals surface area contributed by atoms with Crippen molar-refractivity contribution in [2.75, 3.05) is 17.7 Å². The summed E-state index contributed by atoms with van der Waals surface area (Å²) in [7, 11) is 3.37. The van der Waals surface area contributed by atoms with Gasteiger partial charge in [-0.1, -0.05) is 6.07 Å². The summed E-state index contributed by atoms with van der Waals surface area (Å²) in [4.78, 5) is 26.2. The molecule has 0 bridgehead atoms. The third-order valence-electron chi connectivity index (χ3n) is 4.76. The maximum Gasteiger partial charge on any atom is 0.274 e. The minimum absolute atomic E-state index is 0.279. The van der Waals surface area contributed by atoms with Gasteiger partial charge in [-0.05, 0) is 44.2 Å². The molecule has 4 aromatic rings. The normalized spacial score (nSPS) is 10.8. The van der Waals surface area contributed by atoms with Crippen LogP contribution in [0.1, 0.15) is 24.3 Å². The first kappa shape index (κ1) is 21.9. The third-order valence-corrected chi connectivity index (χ3v) is 4.76. The number of rotatable bonds is 7. The van der Waals surface area contributed by atoms with Gasteiger partial charge >= 0.3 is 0 Å². The van der Waals surface area contributed by atoms with Gasteiger partial charge < -0.3 is 15.4 Å². The number of hydrogen-bond acceptors (Lipinski definition) is 7. The van der Waals surface area contributed by atoms with E-state index in [1.165, 1.54) is 0 Å². The Balaban J connectivity index is 1.58. The van der Waals surface area contributed by atoms with Gasteiger partial charge in [-0.3, -0.25) is 19.4 Å². The number of carbonyl (C=O) groups is 1. The van der Waals surface area contributed by atoms with Crippen LogP contribution in [0.3, 0.4) is 0 Å². The van der Waals surface area contributed by atoms with Gasteiger partial charge in [-0.2, -0.15) is 5.10 Å². The second-order valence-corrected chi connectivity index (χ2v) is 7.77. The van der Waals surface area contributed by atoms with Crippen LogP contribution in [0, 0.1) is 0 Å². The molecule has 0 aliphatic carbocycles. The van der Waals surface area contributed by atoms with Crippen LogP contribution in [0.25, 0.3) is 22.6 Å². The Hall–Kier alpha value is -4.27. The summed E-state index contributed by atoms with van der Waals surface area (Å²) in [6.45, 7) is 4.12. The van der Waals surface area contributed by atoms with Gasteiger partial charge in [0.15, 0.2) is 0 Å². The Morgan fingerprint density at radius 3 is 2.67 bits per heavy atom. The number of aryl methyl sites for hydroxylation is 1. The standard InChI is InChI=1S/C24H25N7O2/c1-15(2)27-17-10-16(11-25-12-17)19-6-5-7-21(28-19)24(32)29-22-14-31(3)30-23(22)20-9-8-18(33-4)13-26-20/h5-15,27H,1-4H3,(H,29,32). The van der Waals surface area contributed by atoms with Gasteiger partial charge in [0, 0.05) is 37.2 Å². The molecule has 0 saturated heterocycles. The average Bonchev–Trinajstić information content (AvgIpc) is 3.18. The van der Waals surface area contributed by atoms with Gasteiger partial charge in [0.2, 0.25) is 0 Å². The fourth-order valence-electron chi connectivity index (χ4n) is 3.31. The number of nitrogens with zero attached hydrogens (tertiary/aromatic N) is 5. The zero-order chi connectivity index (χ0) is 23.4. The largest absolute Gasteiger partial charge is 0.495 e. The third kappa shape index (κ3) is 5.15. The summed E-state index contributed by atoms with van der Waals surface area (Å²) in [6.07, 6.45) is 6.83. The minimum Gasteiger partial charge on any atom is -0.495 e. The van der Waals surface area contributed by atoms with Crippen molar-refractivity contribution in [1.29, 1.82) is 0 Å². The van der Waals surface area contributed by atoms with Crippen molar-refractivity contribution >= 4 is 17.3 Å². The minimum atomic E-state index is -0.343. The van der Waals surface area contributed by atoms with Gasteiger partial charge in [-0.25, -0.2) is 4.98 Å². The molecule has 0 radical (unpaired) electrons. The number of carbonyl (C=O) groups excluding carboxylic acids is 1. The summed E-state index contributed by atoms with van der Waals surface area (Å²) >= 11 is 0. The van der Waals surface area contributed by atoms with Crippen molar-refractivity contribution in [3.63, 3.8) is 0 Å². The number of aromatic nitrogens is 5. The molecule has 33 heavy (non-hydrogen) atoms. The van der Waals surface area contributed by atoms with E-state index >= 15 is 0 Å². The smallest absolute Gasteiger partial charge is 0.274 e. The van der Waals surface area contributed by atoms with Crippen molar-refractivity contribution in [2.45, 2.75) is 19.9 Å². The highest BCUT2D eigenvalue weighted by Crippen LogP contribution is 2.26. The highest BCUT2D eigenvalue weighted by atomic mass is 16.5. The molecule has 9 heteroatoms. The maximum atomic E-state index is 13.0. The first-order valence-corrected chi connectivity index (χ1v) is 10.5. The molecule has 0 unspecified atom stereocenters. The van der Waals surface area contributed by atoms with Crippen LogP contribution in [-0.2, 0) is 7.05 Å². The second kappa shape index (κ2) is 9.47. The number of nitrogens with one attached hydrogen (secondary N) is 2. The van der Waals surface area contributed by atoms with Crippen molar-refractivity contribution in [3.05, 3.63) is 66.9 Å². The lowest BCUT2D eigenvalue weighted by Crippen LogP contribution is -2.14. The van der Waals surface area contributed by atoms with Crippen LogP contribution in [0.4, 0.5) is 11.4 Å². The molecule has 168 valence electrons. The lowest BCUT2D eigenvalue weighted by atomic mass is 10.1. The SMILES string of the molecule is COc1ccc(-c2nn(C)cc2NC(=O)c2cccc(-c3cncc(NC(C)C)c3)n2)nc1. The van der Waals surface area contributed by atoms with Crippen molar-refractivity contribution in [2.24, 2.45) is 7.05 Å². The van der Waals surface area contributed by atoms with E-state index in [4.69, 9.17) is 4.74 Å². The Kier molecular flexibility index (Phi) is 6.30. The summed E-state index contributed by atoms with van der Waals surface area (Å²) in [5.74, 6) is 0.299. The van der Waals surface area contributed by atoms with E-state index in [1.54, 1.807) is 67.9 Å². The number of pyridine rings is 3. The first-order valence-electron chi connectivity index (χ1n) is 10.5. The van der Waals surface area contributed by atoms with Crippen LogP contribution >= 0.6 is 0 Å². The molecule has 0 fully saturated rings. The summed E-state index contributed by atoms with van der Waals surface area (Å²) < 4.78 is 6.79. The molecule has 0 spiro atoms. The molecule has 0 atom stereocenters. The Bertz CT molecular complexity index is 1270. The van der Waals surface area contributed by atoms with E-state index in [2.05, 4.69) is 44.5 Å². The van der Waals surface area contributed by atoms with Crippen molar-refractivity contribution < 1.29 is 9.53 Å². The van der Waals surface area contributed by atoms with Crippen LogP contribution in [0.2, 0.25) is 0 Å². The molecule has 0 aliphatic heterocycles. The lowest BCUT2D eigenvalue weighted by Gasteiger charge is -2.11. The van der Waals surface area contributed by atoms with Gasteiger partial charge in [-0.15, -0.1) is 0 Å². The highest BCUT2D eigenvalue weighted by Gasteiger charge is 2.17. The van der Waals surface area contributed by atoms with E-state index in [9.17, 15) is 4.79 Å². The fraction of sp³-hybridized carbons (Fsp3) is 0.208. The molecular formula is C24H25N7O2. The molecule has 9 nitrogen and oxygen atoms in total. The van der Waals surface area contributed by atoms with Crippen LogP contribution in [0.15, 0.2) is 61.2 Å². The predicted octanol–water partition coefficient (Wildman–Crippen LogP) is 4.02. The van der Waals surface area contributed by atoms with Gasteiger partial charge in [0.1, 0.15) is 17.1 Å². The monoisotopic (exact) mass is 443 g/mol. The summed E-state index contributed by atoms with van der Waals surface area (Å²) in [5, 5.41) is 10.7. The zero-order valence-electron chi connectivity index (χ0n) is 18.9. The molecule has 4 rings (SSSR count). The number of amides is 1. The van der Waals surface area contributed by atoms with E-state index in [0.717, 1.165) is 11.3 Å². The molecule has 4 heterocycles. The molecule has 0 aromatic carbocycles. The van der Waals surface area contributed by atoms with Gasteiger partial charge in [0.05, 0.1) is 36.1 Å². The summed E-state index contributed by atoms with van der Waals surface area (Å²) in [5.41, 5.74) is 4.37. The van der Waals surface area contributed by atoms with Crippen LogP contribution in [-0.4, -0.2) is 43.8 Å². The Morgan fingerprint density at radius 2 is 1.94 bits per heavy atom. The first-order chi connectivity index (χ1) is 15.9. The van der Waals surface area contributed by atoms with Crippen LogP contribution < -0.4 is 15.4 Å². The van der Waals surface area contributed by atoms with E-state index in [1.807, 2.05) is 12.1 Å². The molecule has 4 aromatic heterocycles. The molecule has 1 amide bonds. The number of hydrogen-bond donors (Lipinski definition) is 2. The number of anilines is 2.